The number of nitrogens with one attached hydrogen (secondary N) is 1. The number of hydrogen-bond acceptors (Lipinski definition) is 16. The van der Waals surface area contributed by atoms with Crippen molar-refractivity contribution >= 4 is 44.3 Å². The van der Waals surface area contributed by atoms with Gasteiger partial charge in [0.05, 0.1) is 45.0 Å². The number of amides is 1. The van der Waals surface area contributed by atoms with E-state index in [1.165, 1.54) is 34.1 Å². The minimum absolute atomic E-state index is 0. The molecule has 0 saturated carbocycles. The van der Waals surface area contributed by atoms with Crippen LogP contribution in [0.5, 0.6) is 0 Å². The van der Waals surface area contributed by atoms with E-state index in [9.17, 15) is 19.1 Å². The van der Waals surface area contributed by atoms with E-state index >= 15 is 0 Å². The number of rotatable bonds is 10. The first kappa shape index (κ1) is 47.8. The van der Waals surface area contributed by atoms with E-state index in [2.05, 4.69) is 61.1 Å². The Labute approximate surface area is 310 Å². The number of carbonyl (C=O) groups is 3. The van der Waals surface area contributed by atoms with Crippen molar-refractivity contribution in [1.29, 1.82) is 0 Å². The van der Waals surface area contributed by atoms with Gasteiger partial charge >= 0.3 is 60.4 Å². The van der Waals surface area contributed by atoms with E-state index in [0.29, 0.717) is 38.6 Å². The average molecular weight is 731 g/mol. The molecule has 1 amide bonds. The molecule has 2 aliphatic heterocycles. The molecule has 52 heavy (non-hydrogen) atoms. The molecule has 19 heteroatoms. The first-order chi connectivity index (χ1) is 23.9. The van der Waals surface area contributed by atoms with Crippen LogP contribution in [0.1, 0.15) is 83.3 Å². The van der Waals surface area contributed by atoms with Crippen LogP contribution in [0.2, 0.25) is 6.82 Å². The van der Waals surface area contributed by atoms with E-state index in [-0.39, 0.29) is 44.9 Å². The number of methoxy groups -OCH3 is 2. The van der Waals surface area contributed by atoms with Crippen LogP contribution in [0.15, 0.2) is 24.8 Å². The first-order valence-corrected chi connectivity index (χ1v) is 16.4. The molecule has 2 aromatic heterocycles. The fraction of sp³-hybridized carbons (Fsp3) is 0.667. The third-order valence-electron chi connectivity index (χ3n) is 7.34. The maximum atomic E-state index is 12.4. The van der Waals surface area contributed by atoms with E-state index < -0.39 is 17.5 Å². The van der Waals surface area contributed by atoms with Gasteiger partial charge in [-0.1, -0.05) is 28.7 Å². The number of ether oxygens (including phenoxy) is 3. The van der Waals surface area contributed by atoms with Gasteiger partial charge in [0.15, 0.2) is 11.4 Å². The molecule has 2 fully saturated rings. The zero-order valence-corrected chi connectivity index (χ0v) is 30.3. The Morgan fingerprint density at radius 1 is 0.846 bits per heavy atom. The summed E-state index contributed by atoms with van der Waals surface area (Å²) in [4.78, 5) is 66.3. The molecule has 4 heterocycles. The van der Waals surface area contributed by atoms with Crippen LogP contribution in [0.4, 0.5) is 16.4 Å². The molecule has 1 N–H and O–H groups in total. The van der Waals surface area contributed by atoms with Crippen LogP contribution in [-0.4, -0.2) is 135 Å². The van der Waals surface area contributed by atoms with Crippen molar-refractivity contribution in [1.82, 2.24) is 30.2 Å². The minimum atomic E-state index is -0.514. The number of carbonyl (C=O) groups excluding carboxylic acids is 3. The van der Waals surface area contributed by atoms with Crippen LogP contribution in [-0.2, 0) is 28.6 Å². The molecule has 0 unspecified atom stereocenters. The van der Waals surface area contributed by atoms with Crippen LogP contribution < -0.4 is 15.1 Å². The predicted molar refractivity (Wildman–Crippen MR) is 199 cm³/mol. The Kier molecular flexibility index (Phi) is 22.9. The van der Waals surface area contributed by atoms with E-state index in [1.54, 1.807) is 24.1 Å². The summed E-state index contributed by atoms with van der Waals surface area (Å²) in [5.74, 6) is 0.513. The second kappa shape index (κ2) is 24.9. The number of esters is 2. The van der Waals surface area contributed by atoms with Crippen LogP contribution >= 0.6 is 0 Å². The van der Waals surface area contributed by atoms with Gasteiger partial charge in [-0.15, -0.1) is 0 Å². The van der Waals surface area contributed by atoms with Gasteiger partial charge in [0, 0.05) is 45.3 Å². The number of hydrogen-bond donors (Lipinski definition) is 1. The average Bonchev–Trinajstić information content (AvgIpc) is 3.14. The summed E-state index contributed by atoms with van der Waals surface area (Å²) in [6, 6.07) is 0.520. The molecule has 1 radical (unpaired) electrons. The van der Waals surface area contributed by atoms with Crippen molar-refractivity contribution in [3.05, 3.63) is 36.2 Å². The van der Waals surface area contributed by atoms with Gasteiger partial charge in [-0.3, -0.25) is 0 Å². The zero-order valence-electron chi connectivity index (χ0n) is 30.3. The molecule has 289 valence electrons. The second-order valence-electron chi connectivity index (χ2n) is 12.0. The molecule has 4 rings (SSSR count). The van der Waals surface area contributed by atoms with E-state index in [0.717, 1.165) is 38.3 Å². The van der Waals surface area contributed by atoms with Gasteiger partial charge in [-0.2, -0.15) is 0 Å². The van der Waals surface area contributed by atoms with Crippen molar-refractivity contribution in [3.8, 4) is 0 Å². The summed E-state index contributed by atoms with van der Waals surface area (Å²) in [6.07, 6.45) is 7.66. The fourth-order valence-electron chi connectivity index (χ4n) is 4.80. The summed E-state index contributed by atoms with van der Waals surface area (Å²) >= 11 is 0. The standard InChI is InChI=1S/C17H26N4O4.C12H18N4O2.C2H5B2O3.2CH4/c1-6-12-11-20(7-8-21(12)16(23)25-17(2,3)4)14-10-18-13(9-19-14)15(22)24-5;1-3-9-8-16(5-4-13-9)11-7-14-10(6-15-11)12(17)18-2;1-3-7-6-2-4-5;;/h9-10,12H,6-8,11H2,1-5H3;6-7,9,13H,3-5,8H2,1-2H3;2H2,1H3;2*1H4/t12-;9-;;;/m00.../s1. The molecule has 0 bridgehead atoms. The maximum absolute atomic E-state index is 12.4. The SMILES string of the molecule is C.C.CC[C@H]1CN(c2cnc(C(=O)OC)cn2)CCN1.CC[C@H]1CN(c2cnc(C(=O)OC)cn2)CCN1C(=O)OC(C)(C)C.C[B]OOCB=O. The van der Waals surface area contributed by atoms with Crippen molar-refractivity contribution < 1.29 is 43.0 Å². The van der Waals surface area contributed by atoms with E-state index in [4.69, 9.17) is 4.74 Å². The number of nitrogens with zero attached hydrogens (tertiary/aromatic N) is 7. The molecular formula is C33H57B2N8O9. The van der Waals surface area contributed by atoms with Gasteiger partial charge in [0.25, 0.3) is 0 Å². The predicted octanol–water partition coefficient (Wildman–Crippen LogP) is 3.43. The topological polar surface area (TPSA) is 188 Å². The molecule has 0 aliphatic carbocycles. The van der Waals surface area contributed by atoms with Gasteiger partial charge < -0.3 is 34.2 Å². The molecule has 0 spiro atoms. The molecule has 17 nitrogen and oxygen atoms in total. The molecule has 2 aliphatic rings. The Balaban J connectivity index is 0.000000844. The Bertz CT molecular complexity index is 1340. The van der Waals surface area contributed by atoms with Gasteiger partial charge in [0.2, 0.25) is 0 Å². The van der Waals surface area contributed by atoms with Crippen molar-refractivity contribution in [3.63, 3.8) is 0 Å². The van der Waals surface area contributed by atoms with Crippen molar-refractivity contribution in [2.75, 3.05) is 69.8 Å². The van der Waals surface area contributed by atoms with Crippen molar-refractivity contribution in [2.24, 2.45) is 0 Å². The number of anilines is 2. The summed E-state index contributed by atoms with van der Waals surface area (Å²) in [6.45, 7) is 16.0. The quantitative estimate of drug-likeness (QED) is 0.0934. The van der Waals surface area contributed by atoms with Crippen LogP contribution in [0, 0.1) is 0 Å². The van der Waals surface area contributed by atoms with Gasteiger partial charge in [-0.05, 0) is 33.6 Å². The van der Waals surface area contributed by atoms with E-state index in [1.807, 2.05) is 27.7 Å². The molecule has 0 aromatic carbocycles. The Morgan fingerprint density at radius 3 is 1.83 bits per heavy atom. The molecule has 2 aromatic rings. The molecule has 2 atom stereocenters. The number of piperazine rings is 2. The van der Waals surface area contributed by atoms with Crippen LogP contribution in [0.25, 0.3) is 0 Å². The third kappa shape index (κ3) is 16.0. The normalized spacial score (nSPS) is 16.5. The first-order valence-electron chi connectivity index (χ1n) is 16.4. The third-order valence-corrected chi connectivity index (χ3v) is 7.34. The summed E-state index contributed by atoms with van der Waals surface area (Å²) < 4.78 is 24.2. The Hall–Kier alpha value is -4.22. The Morgan fingerprint density at radius 2 is 1.40 bits per heavy atom. The summed E-state index contributed by atoms with van der Waals surface area (Å²) in [5, 5.41) is 3.44. The summed E-state index contributed by atoms with van der Waals surface area (Å²) in [7, 11) is 4.60. The van der Waals surface area contributed by atoms with Gasteiger partial charge in [-0.25, -0.2) is 34.3 Å². The fourth-order valence-corrected chi connectivity index (χ4v) is 4.80. The van der Waals surface area contributed by atoms with Crippen molar-refractivity contribution in [2.45, 2.75) is 86.8 Å². The summed E-state index contributed by atoms with van der Waals surface area (Å²) in [5.41, 5.74) is -0.101. The zero-order chi connectivity index (χ0) is 37.1. The molecule has 2 saturated heterocycles. The van der Waals surface area contributed by atoms with Gasteiger partial charge in [0.1, 0.15) is 17.2 Å². The monoisotopic (exact) mass is 731 g/mol. The van der Waals surface area contributed by atoms with Crippen LogP contribution in [0.3, 0.4) is 0 Å². The molecular weight excluding hydrogens is 674 g/mol. The number of aromatic nitrogens is 4. The second-order valence-corrected chi connectivity index (χ2v) is 12.0.